The number of para-hydroxylation sites is 2. The molecule has 0 spiro atoms. The number of hydrogen-bond acceptors (Lipinski definition) is 4. The van der Waals surface area contributed by atoms with Crippen LogP contribution in [-0.4, -0.2) is 12.1 Å². The lowest BCUT2D eigenvalue weighted by atomic mass is 10.1. The molecule has 0 bridgehead atoms. The van der Waals surface area contributed by atoms with Crippen LogP contribution in [0.2, 0.25) is 0 Å². The Morgan fingerprint density at radius 2 is 1.00 bits per heavy atom. The van der Waals surface area contributed by atoms with Gasteiger partial charge in [-0.15, -0.1) is 0 Å². The molecule has 4 aromatic carbocycles. The Morgan fingerprint density at radius 3 is 1.50 bits per heavy atom. The van der Waals surface area contributed by atoms with Gasteiger partial charge in [0.2, 0.25) is 5.78 Å². The molecule has 3 nitrogen and oxygen atoms in total. The Labute approximate surface area is 180 Å². The molecule has 30 heavy (non-hydrogen) atoms. The number of ether oxygens (including phenoxy) is 2. The maximum atomic E-state index is 13.2. The fraction of sp³-hybridized carbons (Fsp3) is 0.0385. The molecule has 0 saturated carbocycles. The number of ketones is 1. The van der Waals surface area contributed by atoms with Gasteiger partial charge in [0.15, 0.2) is 0 Å². The Bertz CT molecular complexity index is 1020. The van der Waals surface area contributed by atoms with Gasteiger partial charge in [-0.3, -0.25) is 4.79 Å². The molecule has 148 valence electrons. The molecule has 4 rings (SSSR count). The predicted molar refractivity (Wildman–Crippen MR) is 119 cm³/mol. The summed E-state index contributed by atoms with van der Waals surface area (Å²) in [5, 5.41) is 0. The van der Waals surface area contributed by atoms with Gasteiger partial charge in [0.1, 0.15) is 11.5 Å². The minimum Gasteiger partial charge on any atom is -0.448 e. The van der Waals surface area contributed by atoms with Gasteiger partial charge < -0.3 is 9.47 Å². The Hall–Kier alpha value is -3.50. The van der Waals surface area contributed by atoms with Gasteiger partial charge in [-0.25, -0.2) is 0 Å². The minimum absolute atomic E-state index is 0.237. The largest absolute Gasteiger partial charge is 0.448 e. The van der Waals surface area contributed by atoms with E-state index in [0.717, 1.165) is 9.79 Å². The summed E-state index contributed by atoms with van der Waals surface area (Å²) in [7, 11) is 0. The van der Waals surface area contributed by atoms with E-state index in [1.165, 1.54) is 0 Å². The van der Waals surface area contributed by atoms with Crippen molar-refractivity contribution in [1.29, 1.82) is 0 Å². The molecule has 0 aliphatic rings. The zero-order valence-corrected chi connectivity index (χ0v) is 17.0. The van der Waals surface area contributed by atoms with E-state index in [1.807, 2.05) is 78.9 Å². The van der Waals surface area contributed by atoms with Crippen LogP contribution in [0.15, 0.2) is 125 Å². The fourth-order valence-corrected chi connectivity index (χ4v) is 3.66. The van der Waals surface area contributed by atoms with Crippen LogP contribution >= 0.6 is 11.8 Å². The SMILES string of the molecule is O=C(c1ccc(Sc2ccccc2)cc1)C(Oc1ccccc1)Oc1ccccc1. The third-order valence-corrected chi connectivity index (χ3v) is 5.32. The van der Waals surface area contributed by atoms with Gasteiger partial charge in [0, 0.05) is 15.4 Å². The number of benzene rings is 4. The van der Waals surface area contributed by atoms with Crippen molar-refractivity contribution in [2.75, 3.05) is 0 Å². The minimum atomic E-state index is -1.08. The van der Waals surface area contributed by atoms with E-state index in [0.29, 0.717) is 17.1 Å². The van der Waals surface area contributed by atoms with E-state index in [2.05, 4.69) is 12.1 Å². The Morgan fingerprint density at radius 1 is 0.567 bits per heavy atom. The maximum absolute atomic E-state index is 13.2. The average Bonchev–Trinajstić information content (AvgIpc) is 2.81. The van der Waals surface area contributed by atoms with Crippen LogP contribution < -0.4 is 9.47 Å². The molecule has 0 aliphatic heterocycles. The zero-order chi connectivity index (χ0) is 20.6. The fourth-order valence-electron chi connectivity index (χ4n) is 2.82. The number of carbonyl (C=O) groups is 1. The monoisotopic (exact) mass is 412 g/mol. The molecular formula is C26H20O3S. The van der Waals surface area contributed by atoms with E-state index in [-0.39, 0.29) is 5.78 Å². The number of Topliss-reactive ketones (excluding diaryl/α,β-unsaturated/α-hetero) is 1. The molecule has 4 heteroatoms. The topological polar surface area (TPSA) is 35.5 Å². The highest BCUT2D eigenvalue weighted by Crippen LogP contribution is 2.28. The first-order valence-electron chi connectivity index (χ1n) is 9.58. The molecular weight excluding hydrogens is 392 g/mol. The standard InChI is InChI=1S/C26H20O3S/c27-25(20-16-18-24(19-17-20)30-23-14-8-3-9-15-23)26(28-21-10-4-1-5-11-21)29-22-12-6-2-7-13-22/h1-19,26H. The Kier molecular flexibility index (Phi) is 6.47. The molecule has 0 radical (unpaired) electrons. The van der Waals surface area contributed by atoms with Crippen molar-refractivity contribution in [2.24, 2.45) is 0 Å². The molecule has 0 saturated heterocycles. The van der Waals surface area contributed by atoms with E-state index in [4.69, 9.17) is 9.47 Å². The summed E-state index contributed by atoms with van der Waals surface area (Å²) >= 11 is 1.65. The average molecular weight is 413 g/mol. The maximum Gasteiger partial charge on any atom is 0.305 e. The van der Waals surface area contributed by atoms with Crippen molar-refractivity contribution < 1.29 is 14.3 Å². The van der Waals surface area contributed by atoms with Crippen molar-refractivity contribution in [3.8, 4) is 11.5 Å². The van der Waals surface area contributed by atoms with Crippen LogP contribution in [0.5, 0.6) is 11.5 Å². The van der Waals surface area contributed by atoms with Crippen molar-refractivity contribution in [1.82, 2.24) is 0 Å². The summed E-state index contributed by atoms with van der Waals surface area (Å²) in [6.45, 7) is 0. The summed E-state index contributed by atoms with van der Waals surface area (Å²) in [6, 6.07) is 36.0. The van der Waals surface area contributed by atoms with Gasteiger partial charge in [0.05, 0.1) is 0 Å². The van der Waals surface area contributed by atoms with Crippen LogP contribution in [0.1, 0.15) is 10.4 Å². The first-order valence-corrected chi connectivity index (χ1v) is 10.4. The first kappa shape index (κ1) is 19.8. The third kappa shape index (κ3) is 5.31. The van der Waals surface area contributed by atoms with Crippen molar-refractivity contribution in [3.63, 3.8) is 0 Å². The van der Waals surface area contributed by atoms with Crippen molar-refractivity contribution in [2.45, 2.75) is 16.1 Å². The normalized spacial score (nSPS) is 10.6. The van der Waals surface area contributed by atoms with Crippen LogP contribution in [0, 0.1) is 0 Å². The molecule has 0 N–H and O–H groups in total. The molecule has 0 fully saturated rings. The summed E-state index contributed by atoms with van der Waals surface area (Å²) in [6.07, 6.45) is -1.08. The van der Waals surface area contributed by atoms with E-state index >= 15 is 0 Å². The second-order valence-electron chi connectivity index (χ2n) is 6.50. The summed E-state index contributed by atoms with van der Waals surface area (Å²) < 4.78 is 11.8. The summed E-state index contributed by atoms with van der Waals surface area (Å²) in [5.74, 6) is 0.907. The second kappa shape index (κ2) is 9.81. The van der Waals surface area contributed by atoms with Gasteiger partial charge in [0.25, 0.3) is 0 Å². The smallest absolute Gasteiger partial charge is 0.305 e. The Balaban J connectivity index is 1.52. The molecule has 0 unspecified atom stereocenters. The molecule has 0 atom stereocenters. The van der Waals surface area contributed by atoms with Crippen molar-refractivity contribution >= 4 is 17.5 Å². The molecule has 0 aromatic heterocycles. The van der Waals surface area contributed by atoms with Crippen molar-refractivity contribution in [3.05, 3.63) is 121 Å². The lowest BCUT2D eigenvalue weighted by Crippen LogP contribution is -2.33. The van der Waals surface area contributed by atoms with Crippen LogP contribution in [-0.2, 0) is 0 Å². The van der Waals surface area contributed by atoms with Gasteiger partial charge >= 0.3 is 6.29 Å². The summed E-state index contributed by atoms with van der Waals surface area (Å²) in [5.41, 5.74) is 0.532. The summed E-state index contributed by atoms with van der Waals surface area (Å²) in [4.78, 5) is 15.4. The third-order valence-electron chi connectivity index (χ3n) is 4.30. The highest BCUT2D eigenvalue weighted by Gasteiger charge is 2.24. The van der Waals surface area contributed by atoms with E-state index in [9.17, 15) is 4.79 Å². The highest BCUT2D eigenvalue weighted by atomic mass is 32.2. The van der Waals surface area contributed by atoms with E-state index in [1.54, 1.807) is 36.0 Å². The molecule has 0 heterocycles. The number of rotatable bonds is 8. The van der Waals surface area contributed by atoms with Gasteiger partial charge in [-0.1, -0.05) is 66.4 Å². The molecule has 0 aliphatic carbocycles. The van der Waals surface area contributed by atoms with Gasteiger partial charge in [-0.05, 0) is 60.7 Å². The van der Waals surface area contributed by atoms with E-state index < -0.39 is 6.29 Å². The zero-order valence-electron chi connectivity index (χ0n) is 16.2. The number of hydrogen-bond donors (Lipinski definition) is 0. The number of carbonyl (C=O) groups excluding carboxylic acids is 1. The quantitative estimate of drug-likeness (QED) is 0.244. The van der Waals surface area contributed by atoms with Crippen LogP contribution in [0.3, 0.4) is 0 Å². The predicted octanol–water partition coefficient (Wildman–Crippen LogP) is 6.50. The second-order valence-corrected chi connectivity index (χ2v) is 7.64. The molecule has 0 amide bonds. The van der Waals surface area contributed by atoms with Crippen LogP contribution in [0.25, 0.3) is 0 Å². The lowest BCUT2D eigenvalue weighted by molar-refractivity contribution is 0.0124. The molecule has 4 aromatic rings. The lowest BCUT2D eigenvalue weighted by Gasteiger charge is -2.19. The van der Waals surface area contributed by atoms with Crippen LogP contribution in [0.4, 0.5) is 0 Å². The highest BCUT2D eigenvalue weighted by molar-refractivity contribution is 7.99. The van der Waals surface area contributed by atoms with Gasteiger partial charge in [-0.2, -0.15) is 0 Å². The first-order chi connectivity index (χ1) is 14.8.